The molecule has 17 heavy (non-hydrogen) atoms. The molecule has 2 heterocycles. The molecule has 0 radical (unpaired) electrons. The van der Waals surface area contributed by atoms with Crippen molar-refractivity contribution in [1.82, 2.24) is 20.3 Å². The fraction of sp³-hybridized carbons (Fsp3) is 0.455. The number of hydrogen-bond donors (Lipinski definition) is 1. The first kappa shape index (κ1) is 12.5. The zero-order valence-corrected chi connectivity index (χ0v) is 11.4. The first-order chi connectivity index (χ1) is 8.27. The predicted molar refractivity (Wildman–Crippen MR) is 70.5 cm³/mol. The van der Waals surface area contributed by atoms with Gasteiger partial charge in [-0.1, -0.05) is 23.7 Å². The molecule has 1 atom stereocenters. The van der Waals surface area contributed by atoms with Crippen LogP contribution in [0.5, 0.6) is 0 Å². The van der Waals surface area contributed by atoms with Crippen LogP contribution < -0.4 is 5.32 Å². The number of hydrogen-bond acceptors (Lipinski definition) is 4. The van der Waals surface area contributed by atoms with Crippen LogP contribution in [0.15, 0.2) is 17.6 Å². The molecule has 6 heteroatoms. The Labute approximate surface area is 110 Å². The average molecular weight is 271 g/mol. The van der Waals surface area contributed by atoms with E-state index in [1.807, 2.05) is 23.2 Å². The normalized spacial score (nSPS) is 12.9. The second kappa shape index (κ2) is 5.62. The summed E-state index contributed by atoms with van der Waals surface area (Å²) in [5, 5.41) is 14.1. The topological polar surface area (TPSA) is 42.7 Å². The molecule has 0 aliphatic heterocycles. The number of thiophene rings is 1. The summed E-state index contributed by atoms with van der Waals surface area (Å²) in [5.74, 6) is 0. The van der Waals surface area contributed by atoms with Gasteiger partial charge < -0.3 is 5.32 Å². The van der Waals surface area contributed by atoms with Crippen LogP contribution in [0, 0.1) is 0 Å². The molecular weight excluding hydrogens is 256 g/mol. The van der Waals surface area contributed by atoms with Crippen molar-refractivity contribution < 1.29 is 0 Å². The lowest BCUT2D eigenvalue weighted by molar-refractivity contribution is 0.526. The van der Waals surface area contributed by atoms with E-state index in [0.29, 0.717) is 0 Å². The third-order valence-electron chi connectivity index (χ3n) is 2.57. The Bertz CT molecular complexity index is 479. The molecule has 0 amide bonds. The van der Waals surface area contributed by atoms with Crippen LogP contribution in [0.3, 0.4) is 0 Å². The van der Waals surface area contributed by atoms with Crippen LogP contribution in [0.2, 0.25) is 5.02 Å². The second-order valence-corrected chi connectivity index (χ2v) is 5.09. The highest BCUT2D eigenvalue weighted by Gasteiger charge is 2.20. The van der Waals surface area contributed by atoms with Gasteiger partial charge in [0, 0.05) is 11.4 Å². The minimum atomic E-state index is 0.0593. The summed E-state index contributed by atoms with van der Waals surface area (Å²) >= 11 is 7.82. The Morgan fingerprint density at radius 3 is 3.00 bits per heavy atom. The second-order valence-electron chi connectivity index (χ2n) is 3.74. The largest absolute Gasteiger partial charge is 0.307 e. The quantitative estimate of drug-likeness (QED) is 0.908. The molecule has 92 valence electrons. The van der Waals surface area contributed by atoms with E-state index in [1.165, 1.54) is 0 Å². The van der Waals surface area contributed by atoms with Gasteiger partial charge in [0.1, 0.15) is 0 Å². The van der Waals surface area contributed by atoms with Gasteiger partial charge in [-0.25, -0.2) is 4.68 Å². The molecule has 0 aromatic carbocycles. The third kappa shape index (κ3) is 2.51. The van der Waals surface area contributed by atoms with Gasteiger partial charge in [-0.3, -0.25) is 0 Å². The van der Waals surface area contributed by atoms with Gasteiger partial charge in [0.25, 0.3) is 0 Å². The maximum absolute atomic E-state index is 6.18. The van der Waals surface area contributed by atoms with Crippen molar-refractivity contribution in [2.45, 2.75) is 25.9 Å². The summed E-state index contributed by atoms with van der Waals surface area (Å²) in [6.07, 6.45) is 2.83. The Morgan fingerprint density at radius 2 is 2.41 bits per heavy atom. The van der Waals surface area contributed by atoms with Gasteiger partial charge >= 0.3 is 0 Å². The molecule has 0 aliphatic rings. The summed E-state index contributed by atoms with van der Waals surface area (Å²) in [6, 6.07) is 1.98. The highest BCUT2D eigenvalue weighted by atomic mass is 35.5. The van der Waals surface area contributed by atoms with Crippen LogP contribution >= 0.6 is 22.9 Å². The van der Waals surface area contributed by atoms with Crippen molar-refractivity contribution in [3.05, 3.63) is 33.2 Å². The van der Waals surface area contributed by atoms with Crippen molar-refractivity contribution >= 4 is 22.9 Å². The maximum Gasteiger partial charge on any atom is 0.0871 e. The van der Waals surface area contributed by atoms with E-state index in [9.17, 15) is 0 Å². The molecule has 0 bridgehead atoms. The molecule has 1 unspecified atom stereocenters. The molecule has 0 saturated carbocycles. The predicted octanol–water partition coefficient (Wildman–Crippen LogP) is 2.71. The molecule has 2 rings (SSSR count). The summed E-state index contributed by atoms with van der Waals surface area (Å²) in [5.41, 5.74) is 1.05. The van der Waals surface area contributed by atoms with Gasteiger partial charge in [0.2, 0.25) is 0 Å². The highest BCUT2D eigenvalue weighted by molar-refractivity contribution is 7.10. The minimum absolute atomic E-state index is 0.0593. The van der Waals surface area contributed by atoms with Crippen molar-refractivity contribution in [1.29, 1.82) is 0 Å². The molecule has 0 fully saturated rings. The molecule has 0 saturated heterocycles. The monoisotopic (exact) mass is 270 g/mol. The molecule has 1 N–H and O–H groups in total. The minimum Gasteiger partial charge on any atom is -0.307 e. The highest BCUT2D eigenvalue weighted by Crippen LogP contribution is 2.32. The standard InChI is InChI=1S/C11H15ClN4S/c1-3-5-16-9(7-14-15-16)10(13-2)11-8(12)4-6-17-11/h4,6-7,10,13H,3,5H2,1-2H3. The van der Waals surface area contributed by atoms with E-state index in [1.54, 1.807) is 17.5 Å². The van der Waals surface area contributed by atoms with Crippen LogP contribution in [-0.4, -0.2) is 22.0 Å². The lowest BCUT2D eigenvalue weighted by Crippen LogP contribution is -2.21. The zero-order valence-electron chi connectivity index (χ0n) is 9.85. The van der Waals surface area contributed by atoms with E-state index in [2.05, 4.69) is 22.6 Å². The lowest BCUT2D eigenvalue weighted by atomic mass is 10.2. The first-order valence-electron chi connectivity index (χ1n) is 5.56. The zero-order chi connectivity index (χ0) is 12.3. The summed E-state index contributed by atoms with van der Waals surface area (Å²) in [6.45, 7) is 2.99. The van der Waals surface area contributed by atoms with E-state index in [0.717, 1.165) is 28.6 Å². The fourth-order valence-corrected chi connectivity index (χ4v) is 3.09. The fourth-order valence-electron chi connectivity index (χ4n) is 1.80. The average Bonchev–Trinajstić information content (AvgIpc) is 2.92. The van der Waals surface area contributed by atoms with Gasteiger partial charge in [0.15, 0.2) is 0 Å². The van der Waals surface area contributed by atoms with Gasteiger partial charge in [-0.2, -0.15) is 0 Å². The molecule has 4 nitrogen and oxygen atoms in total. The number of nitrogens with zero attached hydrogens (tertiary/aromatic N) is 3. The van der Waals surface area contributed by atoms with E-state index in [4.69, 9.17) is 11.6 Å². The van der Waals surface area contributed by atoms with Crippen LogP contribution in [0.4, 0.5) is 0 Å². The van der Waals surface area contributed by atoms with Crippen LogP contribution in [-0.2, 0) is 6.54 Å². The third-order valence-corrected chi connectivity index (χ3v) is 4.00. The first-order valence-corrected chi connectivity index (χ1v) is 6.82. The Balaban J connectivity index is 2.35. The molecule has 2 aromatic rings. The number of aromatic nitrogens is 3. The smallest absolute Gasteiger partial charge is 0.0871 e. The van der Waals surface area contributed by atoms with Crippen molar-refractivity contribution in [3.63, 3.8) is 0 Å². The van der Waals surface area contributed by atoms with E-state index in [-0.39, 0.29) is 6.04 Å². The molecular formula is C11H15ClN4S. The van der Waals surface area contributed by atoms with Gasteiger partial charge in [-0.05, 0) is 24.9 Å². The molecule has 0 spiro atoms. The Kier molecular flexibility index (Phi) is 4.15. The SMILES string of the molecule is CCCn1nncc1C(NC)c1sccc1Cl. The van der Waals surface area contributed by atoms with Crippen molar-refractivity contribution in [2.75, 3.05) is 7.05 Å². The van der Waals surface area contributed by atoms with E-state index < -0.39 is 0 Å². The van der Waals surface area contributed by atoms with Gasteiger partial charge in [-0.15, -0.1) is 16.4 Å². The van der Waals surface area contributed by atoms with Gasteiger partial charge in [0.05, 0.1) is 23.0 Å². The number of rotatable bonds is 5. The maximum atomic E-state index is 6.18. The van der Waals surface area contributed by atoms with Crippen molar-refractivity contribution in [2.24, 2.45) is 0 Å². The molecule has 0 aliphatic carbocycles. The lowest BCUT2D eigenvalue weighted by Gasteiger charge is -2.16. The van der Waals surface area contributed by atoms with E-state index >= 15 is 0 Å². The Morgan fingerprint density at radius 1 is 1.59 bits per heavy atom. The van der Waals surface area contributed by atoms with Crippen molar-refractivity contribution in [3.8, 4) is 0 Å². The summed E-state index contributed by atoms with van der Waals surface area (Å²) < 4.78 is 1.93. The number of halogens is 1. The summed E-state index contributed by atoms with van der Waals surface area (Å²) in [4.78, 5) is 1.11. The number of aryl methyl sites for hydroxylation is 1. The molecule has 2 aromatic heterocycles. The number of nitrogens with one attached hydrogen (secondary N) is 1. The summed E-state index contributed by atoms with van der Waals surface area (Å²) in [7, 11) is 1.92. The van der Waals surface area contributed by atoms with Crippen LogP contribution in [0.25, 0.3) is 0 Å². The van der Waals surface area contributed by atoms with Crippen LogP contribution in [0.1, 0.15) is 30.0 Å². The Hall–Kier alpha value is -0.910.